The van der Waals surface area contributed by atoms with Crippen molar-refractivity contribution in [1.82, 2.24) is 0 Å². The van der Waals surface area contributed by atoms with Crippen LogP contribution in [0.15, 0.2) is 192 Å². The Hall–Kier alpha value is -5.52. The summed E-state index contributed by atoms with van der Waals surface area (Å²) >= 11 is 28.4. The van der Waals surface area contributed by atoms with Gasteiger partial charge in [-0.05, 0) is 144 Å². The van der Waals surface area contributed by atoms with Crippen LogP contribution in [0.2, 0.25) is 20.1 Å². The second-order valence-corrected chi connectivity index (χ2v) is 21.3. The first-order valence-electron chi connectivity index (χ1n) is 25.8. The number of hydrogen-bond donors (Lipinski definition) is 0. The Morgan fingerprint density at radius 3 is 1.33 bits per heavy atom. The number of nitrogens with zero attached hydrogens (tertiary/aromatic N) is 4. The summed E-state index contributed by atoms with van der Waals surface area (Å²) in [6.07, 6.45) is 0.360. The zero-order chi connectivity index (χ0) is 58.0. The second-order valence-electron chi connectivity index (χ2n) is 19.1. The largest absolute Gasteiger partial charge is 1.00 e. The topological polar surface area (TPSA) is 132 Å². The zero-order valence-corrected chi connectivity index (χ0v) is 55.2. The molecule has 2 amide bonds. The van der Waals surface area contributed by atoms with Gasteiger partial charge in [-0.2, -0.15) is 20.8 Å². The molecule has 2 aliphatic heterocycles. The molecule has 11 nitrogen and oxygen atoms in total. The van der Waals surface area contributed by atoms with Crippen LogP contribution in [0.25, 0.3) is 0 Å². The van der Waals surface area contributed by atoms with Crippen LogP contribution in [0.1, 0.15) is 72.7 Å². The summed E-state index contributed by atoms with van der Waals surface area (Å²) < 4.78 is 21.1. The Morgan fingerprint density at radius 1 is 0.536 bits per heavy atom. The quantitative estimate of drug-likeness (QED) is 0.0638. The number of amides is 2. The van der Waals surface area contributed by atoms with E-state index in [4.69, 9.17) is 70.3 Å². The number of alkyl halides is 1. The van der Waals surface area contributed by atoms with Crippen LogP contribution in [0, 0.1) is 5.92 Å². The number of benzodiazepines with no additional fused rings is 2. The molecule has 2 heterocycles. The summed E-state index contributed by atoms with van der Waals surface area (Å²) in [7, 11) is 6.52. The van der Waals surface area contributed by atoms with Gasteiger partial charge in [0.05, 0.1) is 64.3 Å². The molecular formula is C67H67BrCl4KN4O7-. The number of halogens is 5. The predicted octanol–water partition coefficient (Wildman–Crippen LogP) is 14.1. The van der Waals surface area contributed by atoms with Crippen molar-refractivity contribution < 1.29 is 85.4 Å². The van der Waals surface area contributed by atoms with E-state index in [1.54, 1.807) is 50.4 Å². The number of rotatable bonds is 13. The SMILES string of the molecule is C.COc1ccc(CN2C(=O)C(Cc3ccccc3Cl)N=C(c3ccc(OC)cc3)c3cc(Cl)ccc32)cc1.COc1ccc(CN2C(=O)CN=C(c3ccc(OC)cc3)c3cc(Cl)ccc32)cc1.C[C-](C)C.Clc1ccccc1CBr.[K+].[OH-]. The number of anilines is 2. The average Bonchev–Trinajstić information content (AvgIpc) is 3.46. The maximum absolute atomic E-state index is 14.2. The number of methoxy groups -OCH3 is 4. The molecule has 0 radical (unpaired) electrons. The van der Waals surface area contributed by atoms with Crippen molar-refractivity contribution in [2.75, 3.05) is 44.8 Å². The molecule has 2 aliphatic rings. The maximum Gasteiger partial charge on any atom is 1.00 e. The minimum absolute atomic E-state index is 0. The fourth-order valence-corrected chi connectivity index (χ4v) is 10.1. The van der Waals surface area contributed by atoms with Crippen molar-refractivity contribution in [3.8, 4) is 23.0 Å². The number of carbonyl (C=O) groups excluding carboxylic acids is 2. The maximum atomic E-state index is 14.2. The summed E-state index contributed by atoms with van der Waals surface area (Å²) in [5, 5.41) is 3.41. The minimum Gasteiger partial charge on any atom is -0.870 e. The number of fused-ring (bicyclic) bond motifs is 2. The minimum atomic E-state index is -0.698. The third kappa shape index (κ3) is 19.5. The third-order valence-electron chi connectivity index (χ3n) is 12.7. The van der Waals surface area contributed by atoms with Crippen molar-refractivity contribution in [2.45, 2.75) is 59.1 Å². The summed E-state index contributed by atoms with van der Waals surface area (Å²) in [6, 6.07) is 56.4. The van der Waals surface area contributed by atoms with Crippen molar-refractivity contribution in [3.05, 3.63) is 253 Å². The Morgan fingerprint density at radius 2 is 0.917 bits per heavy atom. The van der Waals surface area contributed by atoms with Crippen LogP contribution in [-0.4, -0.2) is 69.7 Å². The molecule has 0 aromatic heterocycles. The standard InChI is InChI=1S/C31H26Cl2N2O3.C24H21ClN2O3.C7H6BrCl.C4H9.CH4.K.H2O/c1-37-24-12-7-20(8-13-24)19-35-29-16-11-23(32)18-26(29)30(21-9-14-25(38-2)15-10-21)34-28(31(35)36)17-22-5-3-4-6-27(22)33;1-29-19-8-3-16(4-9-19)15-27-22-12-7-18(25)13-21(22)24(26-14-23(27)28)17-5-10-20(30-2)11-6-17;8-5-6-3-1-2-4-7(6)9;1-4(2)3;;;/h3-16,18,28H,17,19H2,1-2H3;3-13H,14-15H2,1-2H3;1-4H,5H2;1-3H3;1H4;;1H2/q;;;-1;;+1;/p-1. The number of hydrogen-bond acceptors (Lipinski definition) is 9. The van der Waals surface area contributed by atoms with Gasteiger partial charge in [0.15, 0.2) is 0 Å². The van der Waals surface area contributed by atoms with Gasteiger partial charge in [0, 0.05) is 54.1 Å². The Balaban J connectivity index is 0.000000293. The van der Waals surface area contributed by atoms with Gasteiger partial charge >= 0.3 is 51.4 Å². The van der Waals surface area contributed by atoms with E-state index in [9.17, 15) is 9.59 Å². The van der Waals surface area contributed by atoms with Crippen molar-refractivity contribution >= 4 is 96.9 Å². The normalized spacial score (nSPS) is 13.0. The fourth-order valence-electron chi connectivity index (χ4n) is 8.65. The molecule has 0 saturated carbocycles. The predicted molar refractivity (Wildman–Crippen MR) is 345 cm³/mol. The van der Waals surface area contributed by atoms with Crippen LogP contribution in [0.3, 0.4) is 0 Å². The number of carbonyl (C=O) groups is 2. The van der Waals surface area contributed by atoms with E-state index >= 15 is 0 Å². The van der Waals surface area contributed by atoms with E-state index in [1.165, 1.54) is 5.92 Å². The summed E-state index contributed by atoms with van der Waals surface area (Å²) in [5.74, 6) is 4.25. The van der Waals surface area contributed by atoms with E-state index in [2.05, 4.69) is 41.7 Å². The van der Waals surface area contributed by atoms with Gasteiger partial charge in [-0.15, -0.1) is 0 Å². The van der Waals surface area contributed by atoms with E-state index < -0.39 is 6.04 Å². The molecule has 1 atom stereocenters. The smallest absolute Gasteiger partial charge is 0.870 e. The molecule has 84 heavy (non-hydrogen) atoms. The zero-order valence-electron chi connectivity index (χ0n) is 47.5. The van der Waals surface area contributed by atoms with Gasteiger partial charge in [0.25, 0.3) is 5.91 Å². The Kier molecular flexibility index (Phi) is 29.7. The fraction of sp³-hybridized carbons (Fsp3) is 0.209. The average molecular weight is 1300 g/mol. The van der Waals surface area contributed by atoms with Crippen LogP contribution in [-0.2, 0) is 34.4 Å². The Labute approximate surface area is 565 Å². The Bertz CT molecular complexity index is 3460. The van der Waals surface area contributed by atoms with E-state index in [0.29, 0.717) is 40.3 Å². The molecule has 1 N–H and O–H groups in total. The van der Waals surface area contributed by atoms with Gasteiger partial charge in [0.1, 0.15) is 35.6 Å². The van der Waals surface area contributed by atoms with Crippen LogP contribution < -0.4 is 80.1 Å². The number of aliphatic imine (C=N–C) groups is 2. The van der Waals surface area contributed by atoms with Crippen LogP contribution in [0.4, 0.5) is 11.4 Å². The van der Waals surface area contributed by atoms with E-state index in [1.807, 2.05) is 170 Å². The number of ether oxygens (including phenoxy) is 4. The van der Waals surface area contributed by atoms with Gasteiger partial charge in [-0.3, -0.25) is 19.6 Å². The van der Waals surface area contributed by atoms with Crippen molar-refractivity contribution in [2.24, 2.45) is 9.98 Å². The van der Waals surface area contributed by atoms with Gasteiger partial charge in [-0.1, -0.05) is 130 Å². The van der Waals surface area contributed by atoms with Crippen molar-refractivity contribution in [1.29, 1.82) is 0 Å². The molecule has 0 fully saturated rings. The molecular weight excluding hydrogens is 1230 g/mol. The first kappa shape index (κ1) is 71.0. The molecule has 10 rings (SSSR count). The molecule has 0 spiro atoms. The summed E-state index contributed by atoms with van der Waals surface area (Å²) in [6.45, 7) is 7.11. The molecule has 8 aromatic rings. The van der Waals surface area contributed by atoms with E-state index in [-0.39, 0.29) is 82.6 Å². The monoisotopic (exact) mass is 1300 g/mol. The van der Waals surface area contributed by atoms with Crippen LogP contribution in [0.5, 0.6) is 23.0 Å². The first-order chi connectivity index (χ1) is 39.1. The molecule has 8 aromatic carbocycles. The molecule has 434 valence electrons. The molecule has 0 bridgehead atoms. The molecule has 0 aliphatic carbocycles. The first-order valence-corrected chi connectivity index (χ1v) is 28.4. The summed E-state index contributed by atoms with van der Waals surface area (Å²) in [4.78, 5) is 40.5. The second kappa shape index (κ2) is 35.2. The molecule has 1 unspecified atom stereocenters. The van der Waals surface area contributed by atoms with Gasteiger partial charge in [-0.25, -0.2) is 0 Å². The van der Waals surface area contributed by atoms with Crippen LogP contribution >= 0.6 is 62.3 Å². The molecule has 17 heteroatoms. The summed E-state index contributed by atoms with van der Waals surface area (Å²) in [5.41, 5.74) is 10.3. The third-order valence-corrected chi connectivity index (χ3v) is 14.5. The number of benzene rings is 8. The van der Waals surface area contributed by atoms with E-state index in [0.717, 1.165) is 94.9 Å². The molecule has 0 saturated heterocycles. The van der Waals surface area contributed by atoms with Gasteiger partial charge < -0.3 is 40.1 Å². The van der Waals surface area contributed by atoms with Crippen molar-refractivity contribution in [3.63, 3.8) is 0 Å². The van der Waals surface area contributed by atoms with Gasteiger partial charge in [0.2, 0.25) is 5.91 Å².